The molecule has 0 aliphatic carbocycles. The van der Waals surface area contributed by atoms with E-state index in [1.807, 2.05) is 36.4 Å². The third-order valence-corrected chi connectivity index (χ3v) is 6.59. The smallest absolute Gasteiger partial charge is 0.253 e. The maximum absolute atomic E-state index is 13.0. The van der Waals surface area contributed by atoms with E-state index < -0.39 is 0 Å². The number of carbonyl (C=O) groups is 1. The number of nitrogens with one attached hydrogen (secondary N) is 1. The molecule has 3 heterocycles. The van der Waals surface area contributed by atoms with Crippen molar-refractivity contribution in [1.82, 2.24) is 15.2 Å². The highest BCUT2D eigenvalue weighted by Crippen LogP contribution is 2.34. The van der Waals surface area contributed by atoms with Crippen molar-refractivity contribution >= 4 is 51.5 Å². The van der Waals surface area contributed by atoms with Gasteiger partial charge in [0.2, 0.25) is 5.13 Å². The van der Waals surface area contributed by atoms with Crippen LogP contribution >= 0.6 is 34.7 Å². The lowest BCUT2D eigenvalue weighted by atomic mass is 10.0. The zero-order valence-electron chi connectivity index (χ0n) is 15.8. The summed E-state index contributed by atoms with van der Waals surface area (Å²) in [7, 11) is 0. The van der Waals surface area contributed by atoms with Crippen LogP contribution < -0.4 is 5.32 Å². The molecule has 154 valence electrons. The van der Waals surface area contributed by atoms with Gasteiger partial charge >= 0.3 is 0 Å². The highest BCUT2D eigenvalue weighted by molar-refractivity contribution is 8.01. The Bertz CT molecular complexity index is 1050. The first-order chi connectivity index (χ1) is 14.6. The van der Waals surface area contributed by atoms with Crippen molar-refractivity contribution in [2.24, 2.45) is 5.10 Å². The van der Waals surface area contributed by atoms with Crippen LogP contribution in [0.25, 0.3) is 0 Å². The van der Waals surface area contributed by atoms with E-state index in [0.717, 1.165) is 11.3 Å². The topological polar surface area (TPSA) is 83.6 Å². The van der Waals surface area contributed by atoms with Crippen LogP contribution in [0.2, 0.25) is 5.02 Å². The van der Waals surface area contributed by atoms with Gasteiger partial charge in [-0.2, -0.15) is 5.10 Å². The SMILES string of the molecule is C=CCNc1nnc(SCC(=O)N2N=C(c3ccc(Cl)cc3)CC2c2ccco2)s1. The summed E-state index contributed by atoms with van der Waals surface area (Å²) in [6, 6.07) is 10.8. The third kappa shape index (κ3) is 4.75. The first-order valence-corrected chi connectivity index (χ1v) is 11.3. The van der Waals surface area contributed by atoms with Crippen LogP contribution in [0.3, 0.4) is 0 Å². The molecule has 30 heavy (non-hydrogen) atoms. The molecule has 0 bridgehead atoms. The maximum Gasteiger partial charge on any atom is 0.253 e. The minimum atomic E-state index is -0.280. The number of hydrogen-bond donors (Lipinski definition) is 1. The highest BCUT2D eigenvalue weighted by atomic mass is 35.5. The lowest BCUT2D eigenvalue weighted by Gasteiger charge is -2.19. The summed E-state index contributed by atoms with van der Waals surface area (Å²) in [5.41, 5.74) is 1.75. The molecule has 1 aliphatic heterocycles. The quantitative estimate of drug-likeness (QED) is 0.383. The molecule has 10 heteroatoms. The predicted molar refractivity (Wildman–Crippen MR) is 120 cm³/mol. The van der Waals surface area contributed by atoms with Gasteiger partial charge in [0.25, 0.3) is 5.91 Å². The van der Waals surface area contributed by atoms with Gasteiger partial charge in [-0.25, -0.2) is 5.01 Å². The van der Waals surface area contributed by atoms with Gasteiger partial charge < -0.3 is 9.73 Å². The first-order valence-electron chi connectivity index (χ1n) is 9.14. The number of aromatic nitrogens is 2. The van der Waals surface area contributed by atoms with E-state index >= 15 is 0 Å². The lowest BCUT2D eigenvalue weighted by Crippen LogP contribution is -2.28. The summed E-state index contributed by atoms with van der Waals surface area (Å²) in [5, 5.41) is 18.7. The van der Waals surface area contributed by atoms with Crippen LogP contribution in [0.4, 0.5) is 5.13 Å². The Balaban J connectivity index is 1.48. The van der Waals surface area contributed by atoms with Gasteiger partial charge in [0.15, 0.2) is 4.34 Å². The standard InChI is InChI=1S/C20H18ClN5O2S2/c1-2-9-22-19-23-24-20(30-19)29-12-18(27)26-16(17-4-3-10-28-17)11-15(25-26)13-5-7-14(21)8-6-13/h2-8,10,16H,1,9,11-12H2,(H,22,23). The van der Waals surface area contributed by atoms with E-state index in [1.165, 1.54) is 28.1 Å². The van der Waals surface area contributed by atoms with E-state index in [4.69, 9.17) is 16.0 Å². The number of hydrogen-bond acceptors (Lipinski definition) is 8. The summed E-state index contributed by atoms with van der Waals surface area (Å²) in [4.78, 5) is 13.0. The Hall–Kier alpha value is -2.62. The third-order valence-electron chi connectivity index (χ3n) is 4.34. The van der Waals surface area contributed by atoms with Crippen molar-refractivity contribution < 1.29 is 9.21 Å². The van der Waals surface area contributed by atoms with E-state index in [9.17, 15) is 4.79 Å². The lowest BCUT2D eigenvalue weighted by molar-refractivity contribution is -0.130. The molecule has 1 amide bonds. The number of thioether (sulfide) groups is 1. The molecule has 0 saturated heterocycles. The van der Waals surface area contributed by atoms with Crippen molar-refractivity contribution in [2.45, 2.75) is 16.8 Å². The number of furan rings is 1. The van der Waals surface area contributed by atoms with Crippen LogP contribution in [0, 0.1) is 0 Å². The number of carbonyl (C=O) groups excluding carboxylic acids is 1. The Kier molecular flexibility index (Phi) is 6.51. The van der Waals surface area contributed by atoms with Crippen molar-refractivity contribution in [3.8, 4) is 0 Å². The van der Waals surface area contributed by atoms with E-state index in [1.54, 1.807) is 12.3 Å². The minimum Gasteiger partial charge on any atom is -0.467 e. The van der Waals surface area contributed by atoms with Crippen molar-refractivity contribution in [2.75, 3.05) is 17.6 Å². The molecule has 1 N–H and O–H groups in total. The van der Waals surface area contributed by atoms with Crippen molar-refractivity contribution in [3.63, 3.8) is 0 Å². The second kappa shape index (κ2) is 9.46. The number of amides is 1. The monoisotopic (exact) mass is 459 g/mol. The Morgan fingerprint density at radius 1 is 1.37 bits per heavy atom. The van der Waals surface area contributed by atoms with Gasteiger partial charge in [-0.1, -0.05) is 52.9 Å². The zero-order valence-corrected chi connectivity index (χ0v) is 18.2. The number of nitrogens with zero attached hydrogens (tertiary/aromatic N) is 4. The van der Waals surface area contributed by atoms with E-state index in [-0.39, 0.29) is 17.7 Å². The summed E-state index contributed by atoms with van der Waals surface area (Å²) < 4.78 is 6.29. The average Bonchev–Trinajstić information content (AvgIpc) is 3.51. The Labute approximate surface area is 186 Å². The molecular weight excluding hydrogens is 442 g/mol. The molecule has 4 rings (SSSR count). The fourth-order valence-electron chi connectivity index (χ4n) is 2.95. The second-order valence-electron chi connectivity index (χ2n) is 6.36. The van der Waals surface area contributed by atoms with Gasteiger partial charge in [0.1, 0.15) is 11.8 Å². The number of anilines is 1. The predicted octanol–water partition coefficient (Wildman–Crippen LogP) is 4.85. The molecule has 0 radical (unpaired) electrons. The molecule has 3 aromatic rings. The summed E-state index contributed by atoms with van der Waals surface area (Å²) >= 11 is 8.73. The molecule has 1 unspecified atom stereocenters. The largest absolute Gasteiger partial charge is 0.467 e. The molecule has 0 fully saturated rings. The minimum absolute atomic E-state index is 0.124. The van der Waals surface area contributed by atoms with Gasteiger partial charge in [-0.3, -0.25) is 4.79 Å². The van der Waals surface area contributed by atoms with Gasteiger partial charge in [0.05, 0.1) is 17.7 Å². The second-order valence-corrected chi connectivity index (χ2v) is 9.00. The van der Waals surface area contributed by atoms with E-state index in [2.05, 4.69) is 27.2 Å². The number of benzene rings is 1. The van der Waals surface area contributed by atoms with Crippen LogP contribution in [-0.4, -0.2) is 39.1 Å². The van der Waals surface area contributed by atoms with Crippen molar-refractivity contribution in [3.05, 3.63) is 71.7 Å². The van der Waals surface area contributed by atoms with Crippen molar-refractivity contribution in [1.29, 1.82) is 0 Å². The molecule has 1 aromatic carbocycles. The number of halogens is 1. The normalized spacial score (nSPS) is 15.8. The van der Waals surface area contributed by atoms with Crippen LogP contribution in [-0.2, 0) is 4.79 Å². The summed E-state index contributed by atoms with van der Waals surface area (Å²) in [6.07, 6.45) is 3.92. The number of hydrazone groups is 1. The molecule has 7 nitrogen and oxygen atoms in total. The summed E-state index contributed by atoms with van der Waals surface area (Å²) in [5.74, 6) is 0.777. The Morgan fingerprint density at radius 3 is 2.93 bits per heavy atom. The molecule has 1 atom stereocenters. The fraction of sp³-hybridized carbons (Fsp3) is 0.200. The molecule has 0 saturated carbocycles. The summed E-state index contributed by atoms with van der Waals surface area (Å²) in [6.45, 7) is 4.27. The molecular formula is C20H18ClN5O2S2. The molecule has 2 aromatic heterocycles. The van der Waals surface area contributed by atoms with Gasteiger partial charge in [-0.15, -0.1) is 16.8 Å². The first kappa shape index (κ1) is 20.6. The number of rotatable bonds is 8. The molecule has 0 spiro atoms. The average molecular weight is 460 g/mol. The Morgan fingerprint density at radius 2 is 2.20 bits per heavy atom. The van der Waals surface area contributed by atoms with Crippen LogP contribution in [0.5, 0.6) is 0 Å². The van der Waals surface area contributed by atoms with Gasteiger partial charge in [0, 0.05) is 18.0 Å². The van der Waals surface area contributed by atoms with E-state index in [0.29, 0.717) is 33.2 Å². The molecule has 1 aliphatic rings. The maximum atomic E-state index is 13.0. The highest BCUT2D eigenvalue weighted by Gasteiger charge is 2.34. The van der Waals surface area contributed by atoms with Gasteiger partial charge in [-0.05, 0) is 29.8 Å². The van der Waals surface area contributed by atoms with Crippen LogP contribution in [0.15, 0.2) is 69.2 Å². The van der Waals surface area contributed by atoms with Crippen LogP contribution in [0.1, 0.15) is 23.8 Å². The zero-order chi connectivity index (χ0) is 20.9. The fourth-order valence-corrected chi connectivity index (χ4v) is 4.69.